The van der Waals surface area contributed by atoms with E-state index in [-0.39, 0.29) is 18.9 Å². The smallest absolute Gasteiger partial charge is 0.140 e. The normalized spacial score (nSPS) is 29.3. The molecule has 0 heterocycles. The Labute approximate surface area is 92.5 Å². The summed E-state index contributed by atoms with van der Waals surface area (Å²) in [5.74, 6) is 0. The molecule has 1 aromatic carbocycles. The molecule has 2 nitrogen and oxygen atoms in total. The number of nitrogens with two attached hydrogens (primary N) is 1. The van der Waals surface area contributed by atoms with Gasteiger partial charge in [-0.2, -0.15) is 5.26 Å². The van der Waals surface area contributed by atoms with E-state index in [2.05, 4.69) is 0 Å². The maximum Gasteiger partial charge on any atom is 0.140 e. The van der Waals surface area contributed by atoms with Crippen molar-refractivity contribution in [1.29, 1.82) is 5.26 Å². The molecule has 78 valence electrons. The zero-order valence-electron chi connectivity index (χ0n) is 8.00. The number of alkyl halides is 1. The van der Waals surface area contributed by atoms with Crippen molar-refractivity contribution < 1.29 is 4.39 Å². The van der Waals surface area contributed by atoms with Gasteiger partial charge in [0, 0.05) is 29.5 Å². The summed E-state index contributed by atoms with van der Waals surface area (Å²) in [6.07, 6.45) is 0.532. The molecule has 1 fully saturated rings. The SMILES string of the molecule is N#Cc1ccc(Cl)cc1C1(F)CC(N)C1. The lowest BCUT2D eigenvalue weighted by molar-refractivity contribution is 0.0403. The van der Waals surface area contributed by atoms with E-state index in [1.807, 2.05) is 6.07 Å². The molecule has 0 unspecified atom stereocenters. The Bertz CT molecular complexity index is 433. The van der Waals surface area contributed by atoms with Gasteiger partial charge in [-0.05, 0) is 18.2 Å². The van der Waals surface area contributed by atoms with Gasteiger partial charge in [0.25, 0.3) is 0 Å². The van der Waals surface area contributed by atoms with Crippen molar-refractivity contribution in [1.82, 2.24) is 0 Å². The third kappa shape index (κ3) is 1.71. The molecule has 0 aliphatic heterocycles. The second-order valence-electron chi connectivity index (χ2n) is 3.94. The lowest BCUT2D eigenvalue weighted by atomic mass is 9.72. The summed E-state index contributed by atoms with van der Waals surface area (Å²) in [6.45, 7) is 0. The molecule has 2 N–H and O–H groups in total. The Morgan fingerprint density at radius 2 is 2.20 bits per heavy atom. The fraction of sp³-hybridized carbons (Fsp3) is 0.364. The van der Waals surface area contributed by atoms with Crippen molar-refractivity contribution in [2.24, 2.45) is 5.73 Å². The van der Waals surface area contributed by atoms with Crippen LogP contribution in [-0.4, -0.2) is 6.04 Å². The Morgan fingerprint density at radius 1 is 1.53 bits per heavy atom. The standard InChI is InChI=1S/C11H10ClFN2/c12-8-2-1-7(6-14)10(3-8)11(13)4-9(15)5-11/h1-3,9H,4-5,15H2. The fourth-order valence-corrected chi connectivity index (χ4v) is 2.15. The third-order valence-electron chi connectivity index (χ3n) is 2.76. The van der Waals surface area contributed by atoms with Gasteiger partial charge in [-0.15, -0.1) is 0 Å². The fourth-order valence-electron chi connectivity index (χ4n) is 1.98. The predicted molar refractivity (Wildman–Crippen MR) is 56.2 cm³/mol. The highest BCUT2D eigenvalue weighted by molar-refractivity contribution is 6.30. The first-order chi connectivity index (χ1) is 7.05. The van der Waals surface area contributed by atoms with E-state index in [4.69, 9.17) is 22.6 Å². The zero-order chi connectivity index (χ0) is 11.1. The maximum absolute atomic E-state index is 14.2. The van der Waals surface area contributed by atoms with Gasteiger partial charge in [-0.1, -0.05) is 11.6 Å². The van der Waals surface area contributed by atoms with Crippen LogP contribution >= 0.6 is 11.6 Å². The van der Waals surface area contributed by atoms with E-state index in [0.29, 0.717) is 16.1 Å². The monoisotopic (exact) mass is 224 g/mol. The van der Waals surface area contributed by atoms with Crippen LogP contribution in [0.2, 0.25) is 5.02 Å². The zero-order valence-corrected chi connectivity index (χ0v) is 8.76. The van der Waals surface area contributed by atoms with Crippen LogP contribution in [0.25, 0.3) is 0 Å². The van der Waals surface area contributed by atoms with Gasteiger partial charge < -0.3 is 5.73 Å². The molecule has 1 saturated carbocycles. The van der Waals surface area contributed by atoms with E-state index in [0.717, 1.165) is 0 Å². The van der Waals surface area contributed by atoms with Crippen LogP contribution in [0.5, 0.6) is 0 Å². The van der Waals surface area contributed by atoms with E-state index in [9.17, 15) is 4.39 Å². The molecule has 1 aliphatic rings. The summed E-state index contributed by atoms with van der Waals surface area (Å²) in [5, 5.41) is 9.31. The van der Waals surface area contributed by atoms with Crippen molar-refractivity contribution in [2.75, 3.05) is 0 Å². The molecule has 1 aliphatic carbocycles. The van der Waals surface area contributed by atoms with E-state index in [1.165, 1.54) is 6.07 Å². The summed E-state index contributed by atoms with van der Waals surface area (Å²) >= 11 is 5.79. The van der Waals surface area contributed by atoms with Gasteiger partial charge in [0.15, 0.2) is 0 Å². The van der Waals surface area contributed by atoms with E-state index >= 15 is 0 Å². The van der Waals surface area contributed by atoms with Crippen molar-refractivity contribution in [3.63, 3.8) is 0 Å². The molecule has 2 rings (SSSR count). The van der Waals surface area contributed by atoms with Crippen LogP contribution in [0.15, 0.2) is 18.2 Å². The van der Waals surface area contributed by atoms with E-state index in [1.54, 1.807) is 12.1 Å². The Hall–Kier alpha value is -1.11. The van der Waals surface area contributed by atoms with Gasteiger partial charge in [0.1, 0.15) is 5.67 Å². The lowest BCUT2D eigenvalue weighted by Crippen LogP contribution is -2.46. The molecule has 0 spiro atoms. The first kappa shape index (κ1) is 10.4. The lowest BCUT2D eigenvalue weighted by Gasteiger charge is -2.40. The summed E-state index contributed by atoms with van der Waals surface area (Å²) in [4.78, 5) is 0. The molecule has 0 atom stereocenters. The highest BCUT2D eigenvalue weighted by Crippen LogP contribution is 2.46. The van der Waals surface area contributed by atoms with Crippen LogP contribution in [0.4, 0.5) is 4.39 Å². The molecule has 0 bridgehead atoms. The number of nitrogens with zero attached hydrogens (tertiary/aromatic N) is 1. The van der Waals surface area contributed by atoms with Gasteiger partial charge in [-0.25, -0.2) is 4.39 Å². The molecule has 0 saturated heterocycles. The first-order valence-corrected chi connectivity index (χ1v) is 5.07. The summed E-state index contributed by atoms with van der Waals surface area (Å²) in [6, 6.07) is 6.52. The van der Waals surface area contributed by atoms with Crippen LogP contribution in [0.1, 0.15) is 24.0 Å². The average Bonchev–Trinajstić information content (AvgIpc) is 2.15. The summed E-state index contributed by atoms with van der Waals surface area (Å²) in [7, 11) is 0. The van der Waals surface area contributed by atoms with E-state index < -0.39 is 5.67 Å². The molecule has 15 heavy (non-hydrogen) atoms. The Balaban J connectivity index is 2.44. The topological polar surface area (TPSA) is 49.8 Å². The highest BCUT2D eigenvalue weighted by atomic mass is 35.5. The van der Waals surface area contributed by atoms with Crippen molar-refractivity contribution in [3.8, 4) is 6.07 Å². The van der Waals surface area contributed by atoms with Gasteiger partial charge in [0.2, 0.25) is 0 Å². The maximum atomic E-state index is 14.2. The molecule has 4 heteroatoms. The largest absolute Gasteiger partial charge is 0.327 e. The molecular weight excluding hydrogens is 215 g/mol. The Kier molecular flexibility index (Phi) is 2.41. The second-order valence-corrected chi connectivity index (χ2v) is 4.37. The van der Waals surface area contributed by atoms with Crippen LogP contribution < -0.4 is 5.73 Å². The minimum Gasteiger partial charge on any atom is -0.327 e. The highest BCUT2D eigenvalue weighted by Gasteiger charge is 2.45. The van der Waals surface area contributed by atoms with Gasteiger partial charge in [0.05, 0.1) is 11.6 Å². The Morgan fingerprint density at radius 3 is 2.73 bits per heavy atom. The molecule has 0 aromatic heterocycles. The number of nitriles is 1. The minimum absolute atomic E-state index is 0.111. The number of hydrogen-bond donors (Lipinski definition) is 1. The molecule has 0 radical (unpaired) electrons. The predicted octanol–water partition coefficient (Wildman–Crippen LogP) is 2.50. The van der Waals surface area contributed by atoms with Gasteiger partial charge >= 0.3 is 0 Å². The summed E-state index contributed by atoms with van der Waals surface area (Å²) in [5.41, 5.74) is 4.82. The number of halogens is 2. The molecular formula is C11H10ClFN2. The van der Waals surface area contributed by atoms with Crippen LogP contribution in [-0.2, 0) is 5.67 Å². The first-order valence-electron chi connectivity index (χ1n) is 4.70. The van der Waals surface area contributed by atoms with Crippen LogP contribution in [0, 0.1) is 11.3 Å². The minimum atomic E-state index is -1.46. The molecule has 1 aromatic rings. The number of rotatable bonds is 1. The van der Waals surface area contributed by atoms with Crippen molar-refractivity contribution in [2.45, 2.75) is 24.6 Å². The average molecular weight is 225 g/mol. The van der Waals surface area contributed by atoms with Crippen LogP contribution in [0.3, 0.4) is 0 Å². The second kappa shape index (κ2) is 3.48. The van der Waals surface area contributed by atoms with Crippen molar-refractivity contribution >= 4 is 11.6 Å². The quantitative estimate of drug-likeness (QED) is 0.797. The molecule has 0 amide bonds. The number of hydrogen-bond acceptors (Lipinski definition) is 2. The summed E-state index contributed by atoms with van der Waals surface area (Å²) < 4.78 is 14.2. The van der Waals surface area contributed by atoms with Crippen molar-refractivity contribution in [3.05, 3.63) is 34.3 Å². The van der Waals surface area contributed by atoms with Gasteiger partial charge in [-0.3, -0.25) is 0 Å². The third-order valence-corrected chi connectivity index (χ3v) is 2.99. The number of benzene rings is 1.